The lowest BCUT2D eigenvalue weighted by Crippen LogP contribution is -2.47. The molecule has 1 saturated carbocycles. The van der Waals surface area contributed by atoms with E-state index in [1.165, 1.54) is 44.9 Å². The first kappa shape index (κ1) is 13.8. The Hall–Kier alpha value is -0.610. The fraction of sp³-hybridized carbons (Fsp3) is 0.929. The third kappa shape index (κ3) is 3.69. The van der Waals surface area contributed by atoms with E-state index in [1.807, 2.05) is 4.90 Å². The summed E-state index contributed by atoms with van der Waals surface area (Å²) in [6.07, 6.45) is 8.73. The normalized spacial score (nSPS) is 21.8. The summed E-state index contributed by atoms with van der Waals surface area (Å²) in [5, 5.41) is 0. The van der Waals surface area contributed by atoms with Crippen LogP contribution in [-0.2, 0) is 4.79 Å². The van der Waals surface area contributed by atoms with Gasteiger partial charge in [-0.15, -0.1) is 0 Å². The molecule has 4 heteroatoms. The van der Waals surface area contributed by atoms with Gasteiger partial charge in [-0.3, -0.25) is 9.69 Å². The maximum atomic E-state index is 12.3. The van der Waals surface area contributed by atoms with Crippen molar-refractivity contribution in [3.63, 3.8) is 0 Å². The predicted molar refractivity (Wildman–Crippen MR) is 73.3 cm³/mol. The average Bonchev–Trinajstić information content (AvgIpc) is 2.93. The lowest BCUT2D eigenvalue weighted by molar-refractivity contribution is -0.133. The zero-order valence-electron chi connectivity index (χ0n) is 11.4. The van der Waals surface area contributed by atoms with Gasteiger partial charge < -0.3 is 10.6 Å². The summed E-state index contributed by atoms with van der Waals surface area (Å²) in [6.45, 7) is 4.02. The minimum Gasteiger partial charge on any atom is -0.342 e. The topological polar surface area (TPSA) is 49.6 Å². The largest absolute Gasteiger partial charge is 0.342 e. The van der Waals surface area contributed by atoms with Gasteiger partial charge in [0, 0.05) is 32.2 Å². The molecule has 0 aromatic rings. The second kappa shape index (κ2) is 7.10. The van der Waals surface area contributed by atoms with Gasteiger partial charge in [-0.1, -0.05) is 12.8 Å². The van der Waals surface area contributed by atoms with Gasteiger partial charge in [-0.05, 0) is 32.1 Å². The molecule has 2 rings (SSSR count). The van der Waals surface area contributed by atoms with E-state index < -0.39 is 0 Å². The van der Waals surface area contributed by atoms with E-state index >= 15 is 0 Å². The Labute approximate surface area is 110 Å². The Morgan fingerprint density at radius 2 is 1.78 bits per heavy atom. The number of nitrogens with zero attached hydrogens (tertiary/aromatic N) is 2. The molecule has 0 spiro atoms. The van der Waals surface area contributed by atoms with Crippen LogP contribution in [0.25, 0.3) is 0 Å². The van der Waals surface area contributed by atoms with Crippen LogP contribution >= 0.6 is 0 Å². The molecule has 1 saturated heterocycles. The van der Waals surface area contributed by atoms with E-state index in [9.17, 15) is 4.79 Å². The van der Waals surface area contributed by atoms with Crippen molar-refractivity contribution in [2.45, 2.75) is 51.0 Å². The van der Waals surface area contributed by atoms with Gasteiger partial charge in [0.2, 0.25) is 5.91 Å². The van der Waals surface area contributed by atoms with Crippen molar-refractivity contribution in [3.8, 4) is 0 Å². The molecular formula is C14H27N3O. The minimum absolute atomic E-state index is 0.315. The highest BCUT2D eigenvalue weighted by Crippen LogP contribution is 2.23. The highest BCUT2D eigenvalue weighted by molar-refractivity contribution is 5.78. The van der Waals surface area contributed by atoms with Gasteiger partial charge in [0.15, 0.2) is 0 Å². The van der Waals surface area contributed by atoms with Gasteiger partial charge in [-0.25, -0.2) is 0 Å². The zero-order valence-corrected chi connectivity index (χ0v) is 11.4. The number of piperidine rings is 1. The van der Waals surface area contributed by atoms with Crippen LogP contribution in [0.3, 0.4) is 0 Å². The molecule has 1 heterocycles. The summed E-state index contributed by atoms with van der Waals surface area (Å²) < 4.78 is 0. The summed E-state index contributed by atoms with van der Waals surface area (Å²) in [5.74, 6) is 0.315. The standard InChI is InChI=1S/C14H27N3O/c15-8-11-17(13-6-2-3-7-13)12-14(18)16-9-4-1-5-10-16/h13H,1-12,15H2. The van der Waals surface area contributed by atoms with Crippen LogP contribution in [0.1, 0.15) is 44.9 Å². The van der Waals surface area contributed by atoms with E-state index in [0.29, 0.717) is 25.0 Å². The maximum Gasteiger partial charge on any atom is 0.236 e. The van der Waals surface area contributed by atoms with E-state index in [1.54, 1.807) is 0 Å². The van der Waals surface area contributed by atoms with E-state index in [2.05, 4.69) is 4.90 Å². The molecule has 0 bridgehead atoms. The number of likely N-dealkylation sites (tertiary alicyclic amines) is 1. The smallest absolute Gasteiger partial charge is 0.236 e. The second-order valence-electron chi connectivity index (χ2n) is 5.64. The molecule has 0 atom stereocenters. The monoisotopic (exact) mass is 253 g/mol. The molecule has 0 aromatic heterocycles. The van der Waals surface area contributed by atoms with Crippen molar-refractivity contribution in [1.82, 2.24) is 9.80 Å². The summed E-state index contributed by atoms with van der Waals surface area (Å²) >= 11 is 0. The van der Waals surface area contributed by atoms with Crippen LogP contribution in [0.5, 0.6) is 0 Å². The summed E-state index contributed by atoms with van der Waals surface area (Å²) in [4.78, 5) is 16.7. The van der Waals surface area contributed by atoms with Crippen LogP contribution in [0.15, 0.2) is 0 Å². The minimum atomic E-state index is 0.315. The first-order chi connectivity index (χ1) is 8.81. The SMILES string of the molecule is NCCN(CC(=O)N1CCCCC1)C1CCCC1. The Kier molecular flexibility index (Phi) is 5.45. The van der Waals surface area contributed by atoms with Gasteiger partial charge in [0.25, 0.3) is 0 Å². The molecule has 1 amide bonds. The number of carbonyl (C=O) groups excluding carboxylic acids is 1. The van der Waals surface area contributed by atoms with Gasteiger partial charge in [-0.2, -0.15) is 0 Å². The van der Waals surface area contributed by atoms with Crippen molar-refractivity contribution in [3.05, 3.63) is 0 Å². The van der Waals surface area contributed by atoms with Crippen molar-refractivity contribution in [2.75, 3.05) is 32.7 Å². The summed E-state index contributed by atoms with van der Waals surface area (Å²) in [6, 6.07) is 0.599. The first-order valence-corrected chi connectivity index (χ1v) is 7.53. The highest BCUT2D eigenvalue weighted by atomic mass is 16.2. The van der Waals surface area contributed by atoms with Crippen LogP contribution < -0.4 is 5.73 Å². The van der Waals surface area contributed by atoms with E-state index in [0.717, 1.165) is 19.6 Å². The third-order valence-corrected chi connectivity index (χ3v) is 4.30. The van der Waals surface area contributed by atoms with E-state index in [-0.39, 0.29) is 0 Å². The van der Waals surface area contributed by atoms with Crippen molar-refractivity contribution >= 4 is 5.91 Å². The molecule has 104 valence electrons. The fourth-order valence-electron chi connectivity index (χ4n) is 3.24. The lowest BCUT2D eigenvalue weighted by Gasteiger charge is -2.32. The maximum absolute atomic E-state index is 12.3. The van der Waals surface area contributed by atoms with Gasteiger partial charge >= 0.3 is 0 Å². The predicted octanol–water partition coefficient (Wildman–Crippen LogP) is 1.20. The van der Waals surface area contributed by atoms with E-state index in [4.69, 9.17) is 5.73 Å². The lowest BCUT2D eigenvalue weighted by atomic mass is 10.1. The van der Waals surface area contributed by atoms with Crippen LogP contribution in [0.2, 0.25) is 0 Å². The van der Waals surface area contributed by atoms with Crippen molar-refractivity contribution in [1.29, 1.82) is 0 Å². The number of carbonyl (C=O) groups is 1. The summed E-state index contributed by atoms with van der Waals surface area (Å²) in [5.41, 5.74) is 5.68. The van der Waals surface area contributed by atoms with Crippen LogP contribution in [0, 0.1) is 0 Å². The Morgan fingerprint density at radius 3 is 2.39 bits per heavy atom. The number of amides is 1. The average molecular weight is 253 g/mol. The molecule has 4 nitrogen and oxygen atoms in total. The highest BCUT2D eigenvalue weighted by Gasteiger charge is 2.26. The molecule has 0 radical (unpaired) electrons. The van der Waals surface area contributed by atoms with Crippen molar-refractivity contribution in [2.24, 2.45) is 5.73 Å². The number of nitrogens with two attached hydrogens (primary N) is 1. The number of hydrogen-bond donors (Lipinski definition) is 1. The van der Waals surface area contributed by atoms with Crippen LogP contribution in [-0.4, -0.2) is 54.5 Å². The third-order valence-electron chi connectivity index (χ3n) is 4.30. The molecule has 1 aliphatic carbocycles. The number of hydrogen-bond acceptors (Lipinski definition) is 3. The first-order valence-electron chi connectivity index (χ1n) is 7.53. The molecule has 18 heavy (non-hydrogen) atoms. The molecule has 2 aliphatic rings. The molecule has 1 aliphatic heterocycles. The molecular weight excluding hydrogens is 226 g/mol. The quantitative estimate of drug-likeness (QED) is 0.801. The molecule has 2 N–H and O–H groups in total. The molecule has 0 unspecified atom stereocenters. The van der Waals surface area contributed by atoms with Gasteiger partial charge in [0.1, 0.15) is 0 Å². The molecule has 2 fully saturated rings. The summed E-state index contributed by atoms with van der Waals surface area (Å²) in [7, 11) is 0. The zero-order chi connectivity index (χ0) is 12.8. The Bertz CT molecular complexity index is 258. The second-order valence-corrected chi connectivity index (χ2v) is 5.64. The van der Waals surface area contributed by atoms with Gasteiger partial charge in [0.05, 0.1) is 6.54 Å². The molecule has 0 aromatic carbocycles. The Balaban J connectivity index is 1.84. The Morgan fingerprint density at radius 1 is 1.11 bits per heavy atom. The van der Waals surface area contributed by atoms with Crippen molar-refractivity contribution < 1.29 is 4.79 Å². The fourth-order valence-corrected chi connectivity index (χ4v) is 3.24. The van der Waals surface area contributed by atoms with Crippen LogP contribution in [0.4, 0.5) is 0 Å². The number of rotatable bonds is 5.